The van der Waals surface area contributed by atoms with Gasteiger partial charge in [-0.05, 0) is 25.3 Å². The maximum atomic E-state index is 14.1. The number of aromatic nitrogens is 1. The number of hydrogen-bond acceptors (Lipinski definition) is 3. The molecule has 4 nitrogen and oxygen atoms in total. The summed E-state index contributed by atoms with van der Waals surface area (Å²) in [6, 6.07) is 1.42. The number of carbonyl (C=O) groups excluding carboxylic acids is 1. The van der Waals surface area contributed by atoms with E-state index in [4.69, 9.17) is 0 Å². The molecule has 0 bridgehead atoms. The van der Waals surface area contributed by atoms with Crippen LogP contribution in [0, 0.1) is 11.7 Å². The number of anilines is 1. The van der Waals surface area contributed by atoms with Gasteiger partial charge < -0.3 is 10.6 Å². The second kappa shape index (κ2) is 7.96. The summed E-state index contributed by atoms with van der Waals surface area (Å²) in [5.74, 6) is -0.0875. The summed E-state index contributed by atoms with van der Waals surface area (Å²) >= 11 is 0. The highest BCUT2D eigenvalue weighted by molar-refractivity contribution is 5.95. The van der Waals surface area contributed by atoms with E-state index in [1.54, 1.807) is 0 Å². The zero-order chi connectivity index (χ0) is 15.1. The molecular formula is C16H24FN3O. The summed E-state index contributed by atoms with van der Waals surface area (Å²) < 4.78 is 14.1. The molecule has 0 aliphatic heterocycles. The lowest BCUT2D eigenvalue weighted by atomic mass is 9.87. The van der Waals surface area contributed by atoms with Gasteiger partial charge in [0.25, 0.3) is 5.91 Å². The number of carbonyl (C=O) groups is 1. The summed E-state index contributed by atoms with van der Waals surface area (Å²) in [4.78, 5) is 16.0. The molecule has 1 fully saturated rings. The van der Waals surface area contributed by atoms with Crippen molar-refractivity contribution in [3.63, 3.8) is 0 Å². The fourth-order valence-electron chi connectivity index (χ4n) is 2.87. The minimum atomic E-state index is -0.575. The molecule has 1 aromatic rings. The molecule has 1 heterocycles. The molecule has 1 saturated carbocycles. The van der Waals surface area contributed by atoms with Gasteiger partial charge in [-0.2, -0.15) is 0 Å². The van der Waals surface area contributed by atoms with Crippen LogP contribution in [0.3, 0.4) is 0 Å². The molecule has 5 heteroatoms. The van der Waals surface area contributed by atoms with Crippen molar-refractivity contribution >= 4 is 11.7 Å². The van der Waals surface area contributed by atoms with E-state index in [0.29, 0.717) is 19.0 Å². The first-order valence-corrected chi connectivity index (χ1v) is 7.89. The third kappa shape index (κ3) is 4.41. The summed E-state index contributed by atoms with van der Waals surface area (Å²) in [6.45, 7) is 3.04. The monoisotopic (exact) mass is 293 g/mol. The van der Waals surface area contributed by atoms with Gasteiger partial charge >= 0.3 is 0 Å². The third-order valence-corrected chi connectivity index (χ3v) is 4.04. The number of hydrogen-bond donors (Lipinski definition) is 2. The standard InChI is InChI=1S/C16H24FN3O/c1-2-18-15-14(17)13(9-11-19-15)16(21)20-10-8-12-6-4-3-5-7-12/h9,11-12H,2-8,10H2,1H3,(H,18,19)(H,20,21). The largest absolute Gasteiger partial charge is 0.368 e. The van der Waals surface area contributed by atoms with Crippen molar-refractivity contribution in [2.75, 3.05) is 18.4 Å². The highest BCUT2D eigenvalue weighted by Gasteiger charge is 2.17. The molecule has 0 aromatic carbocycles. The minimum Gasteiger partial charge on any atom is -0.368 e. The molecule has 2 rings (SSSR count). The van der Waals surface area contributed by atoms with Crippen molar-refractivity contribution in [3.05, 3.63) is 23.6 Å². The second-order valence-electron chi connectivity index (χ2n) is 5.60. The molecule has 1 aromatic heterocycles. The Balaban J connectivity index is 1.86. The van der Waals surface area contributed by atoms with E-state index in [2.05, 4.69) is 15.6 Å². The van der Waals surface area contributed by atoms with Crippen molar-refractivity contribution in [1.82, 2.24) is 10.3 Å². The maximum Gasteiger partial charge on any atom is 0.254 e. The van der Waals surface area contributed by atoms with E-state index in [0.717, 1.165) is 6.42 Å². The SMILES string of the molecule is CCNc1nccc(C(=O)NCCC2CCCCC2)c1F. The third-order valence-electron chi connectivity index (χ3n) is 4.04. The lowest BCUT2D eigenvalue weighted by Gasteiger charge is -2.21. The number of pyridine rings is 1. The predicted octanol–water partition coefficient (Wildman–Crippen LogP) is 3.35. The topological polar surface area (TPSA) is 54.0 Å². The molecule has 1 aliphatic rings. The normalized spacial score (nSPS) is 15.7. The van der Waals surface area contributed by atoms with Crippen molar-refractivity contribution in [1.29, 1.82) is 0 Å². The number of rotatable bonds is 6. The van der Waals surface area contributed by atoms with Crippen LogP contribution in [0.1, 0.15) is 55.8 Å². The Morgan fingerprint density at radius 1 is 1.38 bits per heavy atom. The molecule has 1 aliphatic carbocycles. The van der Waals surface area contributed by atoms with Gasteiger partial charge in [-0.15, -0.1) is 0 Å². The molecule has 0 spiro atoms. The number of nitrogens with one attached hydrogen (secondary N) is 2. The van der Waals surface area contributed by atoms with Gasteiger partial charge in [-0.25, -0.2) is 9.37 Å². The molecule has 2 N–H and O–H groups in total. The van der Waals surface area contributed by atoms with Gasteiger partial charge in [0.1, 0.15) is 0 Å². The van der Waals surface area contributed by atoms with Gasteiger partial charge in [0.15, 0.2) is 11.6 Å². The predicted molar refractivity (Wildman–Crippen MR) is 81.9 cm³/mol. The molecule has 0 saturated heterocycles. The first-order valence-electron chi connectivity index (χ1n) is 7.89. The zero-order valence-corrected chi connectivity index (χ0v) is 12.6. The molecule has 116 valence electrons. The molecular weight excluding hydrogens is 269 g/mol. The maximum absolute atomic E-state index is 14.1. The summed E-state index contributed by atoms with van der Waals surface area (Å²) in [6.07, 6.45) is 8.87. The molecule has 21 heavy (non-hydrogen) atoms. The van der Waals surface area contributed by atoms with Crippen LogP contribution in [0.4, 0.5) is 10.2 Å². The Morgan fingerprint density at radius 2 is 2.14 bits per heavy atom. The van der Waals surface area contributed by atoms with Gasteiger partial charge in [0.2, 0.25) is 0 Å². The van der Waals surface area contributed by atoms with Crippen molar-refractivity contribution in [2.45, 2.75) is 45.4 Å². The number of nitrogens with zero attached hydrogens (tertiary/aromatic N) is 1. The first-order chi connectivity index (χ1) is 10.2. The average molecular weight is 293 g/mol. The van der Waals surface area contributed by atoms with Crippen LogP contribution in [0.25, 0.3) is 0 Å². The second-order valence-corrected chi connectivity index (χ2v) is 5.60. The minimum absolute atomic E-state index is 0.0598. The van der Waals surface area contributed by atoms with Crippen LogP contribution in [0.5, 0.6) is 0 Å². The molecule has 1 amide bonds. The Bertz CT molecular complexity index is 473. The van der Waals surface area contributed by atoms with Crippen LogP contribution in [0.15, 0.2) is 12.3 Å². The van der Waals surface area contributed by atoms with Crippen molar-refractivity contribution < 1.29 is 9.18 Å². The van der Waals surface area contributed by atoms with Gasteiger partial charge in [-0.1, -0.05) is 32.1 Å². The number of amides is 1. The van der Waals surface area contributed by atoms with Gasteiger partial charge in [0, 0.05) is 19.3 Å². The van der Waals surface area contributed by atoms with Crippen LogP contribution < -0.4 is 10.6 Å². The lowest BCUT2D eigenvalue weighted by Crippen LogP contribution is -2.27. The van der Waals surface area contributed by atoms with E-state index < -0.39 is 5.82 Å². The highest BCUT2D eigenvalue weighted by atomic mass is 19.1. The van der Waals surface area contributed by atoms with Crippen molar-refractivity contribution in [2.24, 2.45) is 5.92 Å². The van der Waals surface area contributed by atoms with Crippen LogP contribution in [0.2, 0.25) is 0 Å². The van der Waals surface area contributed by atoms with E-state index >= 15 is 0 Å². The van der Waals surface area contributed by atoms with Crippen LogP contribution in [-0.4, -0.2) is 24.0 Å². The van der Waals surface area contributed by atoms with E-state index in [1.807, 2.05) is 6.92 Å². The van der Waals surface area contributed by atoms with E-state index in [9.17, 15) is 9.18 Å². The summed E-state index contributed by atoms with van der Waals surface area (Å²) in [7, 11) is 0. The Labute approximate surface area is 125 Å². The highest BCUT2D eigenvalue weighted by Crippen LogP contribution is 2.25. The Kier molecular flexibility index (Phi) is 5.96. The smallest absolute Gasteiger partial charge is 0.254 e. The fraction of sp³-hybridized carbons (Fsp3) is 0.625. The lowest BCUT2D eigenvalue weighted by molar-refractivity contribution is 0.0946. The van der Waals surface area contributed by atoms with Gasteiger partial charge in [-0.3, -0.25) is 4.79 Å². The van der Waals surface area contributed by atoms with E-state index in [1.165, 1.54) is 44.4 Å². The van der Waals surface area contributed by atoms with Crippen LogP contribution in [-0.2, 0) is 0 Å². The summed E-state index contributed by atoms with van der Waals surface area (Å²) in [5, 5.41) is 5.63. The van der Waals surface area contributed by atoms with Gasteiger partial charge in [0.05, 0.1) is 5.56 Å². The first kappa shape index (κ1) is 15.7. The number of halogens is 1. The Hall–Kier alpha value is -1.65. The Morgan fingerprint density at radius 3 is 2.86 bits per heavy atom. The molecule has 0 atom stereocenters. The average Bonchev–Trinajstić information content (AvgIpc) is 2.50. The van der Waals surface area contributed by atoms with E-state index in [-0.39, 0.29) is 17.3 Å². The molecule has 0 radical (unpaired) electrons. The quantitative estimate of drug-likeness (QED) is 0.845. The van der Waals surface area contributed by atoms with Crippen molar-refractivity contribution in [3.8, 4) is 0 Å². The molecule has 0 unspecified atom stereocenters. The fourth-order valence-corrected chi connectivity index (χ4v) is 2.87. The van der Waals surface area contributed by atoms with Crippen LogP contribution >= 0.6 is 0 Å². The zero-order valence-electron chi connectivity index (χ0n) is 12.6. The summed E-state index contributed by atoms with van der Waals surface area (Å²) in [5.41, 5.74) is 0.0598.